The zero-order valence-electron chi connectivity index (χ0n) is 12.2. The molecule has 0 bridgehead atoms. The molecule has 0 spiro atoms. The van der Waals surface area contributed by atoms with Crippen molar-refractivity contribution < 1.29 is 0 Å². The molecule has 1 aromatic heterocycles. The van der Waals surface area contributed by atoms with Crippen LogP contribution in [-0.4, -0.2) is 28.3 Å². The molecule has 0 fully saturated rings. The molecule has 0 atom stereocenters. The quantitative estimate of drug-likeness (QED) is 0.698. The summed E-state index contributed by atoms with van der Waals surface area (Å²) in [4.78, 5) is 0. The summed E-state index contributed by atoms with van der Waals surface area (Å²) in [6, 6.07) is 0. The molecule has 0 unspecified atom stereocenters. The van der Waals surface area contributed by atoms with Crippen LogP contribution in [0.25, 0.3) is 0 Å². The van der Waals surface area contributed by atoms with Crippen molar-refractivity contribution in [1.82, 2.24) is 15.1 Å². The Labute approximate surface area is 116 Å². The van der Waals surface area contributed by atoms with E-state index in [2.05, 4.69) is 36.7 Å². The van der Waals surface area contributed by atoms with Gasteiger partial charge in [-0.25, -0.2) is 0 Å². The lowest BCUT2D eigenvalue weighted by Crippen LogP contribution is -2.15. The van der Waals surface area contributed by atoms with Crippen LogP contribution in [0.4, 0.5) is 0 Å². The predicted molar refractivity (Wildman–Crippen MR) is 81.2 cm³/mol. The molecule has 0 saturated heterocycles. The van der Waals surface area contributed by atoms with Crippen molar-refractivity contribution in [1.29, 1.82) is 0 Å². The van der Waals surface area contributed by atoms with Crippen molar-refractivity contribution in [3.8, 4) is 0 Å². The van der Waals surface area contributed by atoms with Crippen molar-refractivity contribution in [2.24, 2.45) is 7.05 Å². The van der Waals surface area contributed by atoms with Crippen molar-refractivity contribution in [3.63, 3.8) is 0 Å². The second-order valence-electron chi connectivity index (χ2n) is 5.10. The standard InChI is InChI=1S/C14H27N3S/c1-12(2)14-13(11-17(3)16-14)10-15-8-6-5-7-9-18-4/h11-12,15H,5-10H2,1-4H3. The maximum atomic E-state index is 4.52. The Morgan fingerprint density at radius 2 is 2.11 bits per heavy atom. The molecule has 0 amide bonds. The number of hydrogen-bond acceptors (Lipinski definition) is 3. The minimum atomic E-state index is 0.504. The molecule has 0 aromatic carbocycles. The van der Waals surface area contributed by atoms with E-state index in [9.17, 15) is 0 Å². The number of nitrogens with zero attached hydrogens (tertiary/aromatic N) is 2. The molecule has 1 heterocycles. The van der Waals surface area contributed by atoms with Gasteiger partial charge in [-0.2, -0.15) is 16.9 Å². The number of nitrogens with one attached hydrogen (secondary N) is 1. The van der Waals surface area contributed by atoms with Gasteiger partial charge in [0, 0.05) is 25.4 Å². The summed E-state index contributed by atoms with van der Waals surface area (Å²) in [5.41, 5.74) is 2.57. The number of thioether (sulfide) groups is 1. The highest BCUT2D eigenvalue weighted by Crippen LogP contribution is 2.16. The van der Waals surface area contributed by atoms with Gasteiger partial charge < -0.3 is 5.32 Å². The number of aryl methyl sites for hydroxylation is 1. The fraction of sp³-hybridized carbons (Fsp3) is 0.786. The molecule has 18 heavy (non-hydrogen) atoms. The van der Waals surface area contributed by atoms with Crippen LogP contribution in [0, 0.1) is 0 Å². The molecule has 0 aliphatic carbocycles. The van der Waals surface area contributed by atoms with E-state index in [1.807, 2.05) is 23.5 Å². The molecule has 1 aromatic rings. The number of unbranched alkanes of at least 4 members (excludes halogenated alkanes) is 2. The van der Waals surface area contributed by atoms with E-state index in [0.29, 0.717) is 5.92 Å². The monoisotopic (exact) mass is 269 g/mol. The molecule has 3 nitrogen and oxygen atoms in total. The molecule has 0 radical (unpaired) electrons. The second kappa shape index (κ2) is 8.59. The first kappa shape index (κ1) is 15.6. The number of rotatable bonds is 9. The summed E-state index contributed by atoms with van der Waals surface area (Å²) in [6.45, 7) is 6.47. The predicted octanol–water partition coefficient (Wildman–Crippen LogP) is 3.17. The molecule has 1 rings (SSSR count). The molecule has 4 heteroatoms. The summed E-state index contributed by atoms with van der Waals surface area (Å²) in [5, 5.41) is 8.05. The Morgan fingerprint density at radius 1 is 1.33 bits per heavy atom. The Kier molecular flexibility index (Phi) is 7.44. The summed E-state index contributed by atoms with van der Waals surface area (Å²) >= 11 is 1.94. The van der Waals surface area contributed by atoms with Gasteiger partial charge in [0.25, 0.3) is 0 Å². The maximum absolute atomic E-state index is 4.52. The molecule has 0 saturated carbocycles. The molecule has 0 aliphatic rings. The normalized spacial score (nSPS) is 11.4. The zero-order valence-corrected chi connectivity index (χ0v) is 13.0. The smallest absolute Gasteiger partial charge is 0.0694 e. The fourth-order valence-corrected chi connectivity index (χ4v) is 2.57. The highest BCUT2D eigenvalue weighted by Gasteiger charge is 2.10. The summed E-state index contributed by atoms with van der Waals surface area (Å²) in [6.07, 6.45) is 8.26. The lowest BCUT2D eigenvalue weighted by Gasteiger charge is -2.07. The summed E-state index contributed by atoms with van der Waals surface area (Å²) < 4.78 is 1.92. The average Bonchev–Trinajstić information content (AvgIpc) is 2.69. The van der Waals surface area contributed by atoms with Gasteiger partial charge in [-0.1, -0.05) is 20.3 Å². The van der Waals surface area contributed by atoms with Gasteiger partial charge in [0.15, 0.2) is 0 Å². The molecule has 1 N–H and O–H groups in total. The highest BCUT2D eigenvalue weighted by atomic mass is 32.2. The molecular formula is C14H27N3S. The summed E-state index contributed by atoms with van der Waals surface area (Å²) in [5.74, 6) is 1.80. The van der Waals surface area contributed by atoms with Crippen LogP contribution in [-0.2, 0) is 13.6 Å². The van der Waals surface area contributed by atoms with E-state index in [4.69, 9.17) is 0 Å². The van der Waals surface area contributed by atoms with Gasteiger partial charge in [0.1, 0.15) is 0 Å². The van der Waals surface area contributed by atoms with Gasteiger partial charge >= 0.3 is 0 Å². The van der Waals surface area contributed by atoms with Gasteiger partial charge in [0.05, 0.1) is 5.69 Å². The van der Waals surface area contributed by atoms with Gasteiger partial charge in [-0.3, -0.25) is 4.68 Å². The summed E-state index contributed by atoms with van der Waals surface area (Å²) in [7, 11) is 2.00. The average molecular weight is 269 g/mol. The van der Waals surface area contributed by atoms with E-state index in [1.165, 1.54) is 36.3 Å². The van der Waals surface area contributed by atoms with Crippen LogP contribution in [0.3, 0.4) is 0 Å². The first-order valence-electron chi connectivity index (χ1n) is 6.87. The first-order valence-corrected chi connectivity index (χ1v) is 8.26. The van der Waals surface area contributed by atoms with Crippen molar-refractivity contribution >= 4 is 11.8 Å². The lowest BCUT2D eigenvalue weighted by atomic mass is 10.1. The van der Waals surface area contributed by atoms with E-state index < -0.39 is 0 Å². The largest absolute Gasteiger partial charge is 0.313 e. The van der Waals surface area contributed by atoms with Gasteiger partial charge in [0.2, 0.25) is 0 Å². The first-order chi connectivity index (χ1) is 8.65. The van der Waals surface area contributed by atoms with Crippen LogP contribution in [0.15, 0.2) is 6.20 Å². The SMILES string of the molecule is CSCCCCCNCc1cn(C)nc1C(C)C. The maximum Gasteiger partial charge on any atom is 0.0694 e. The number of hydrogen-bond donors (Lipinski definition) is 1. The molecule has 104 valence electrons. The molecular weight excluding hydrogens is 242 g/mol. The Bertz CT molecular complexity index is 334. The highest BCUT2D eigenvalue weighted by molar-refractivity contribution is 7.98. The Balaban J connectivity index is 2.22. The van der Waals surface area contributed by atoms with E-state index in [0.717, 1.165) is 13.1 Å². The van der Waals surface area contributed by atoms with Crippen LogP contribution in [0.5, 0.6) is 0 Å². The minimum absolute atomic E-state index is 0.504. The number of aromatic nitrogens is 2. The minimum Gasteiger partial charge on any atom is -0.313 e. The van der Waals surface area contributed by atoms with Crippen molar-refractivity contribution in [2.45, 2.75) is 45.6 Å². The van der Waals surface area contributed by atoms with E-state index in [-0.39, 0.29) is 0 Å². The van der Waals surface area contributed by atoms with Crippen molar-refractivity contribution in [2.75, 3.05) is 18.6 Å². The molecule has 0 aliphatic heterocycles. The third kappa shape index (κ3) is 5.44. The third-order valence-electron chi connectivity index (χ3n) is 3.00. The lowest BCUT2D eigenvalue weighted by molar-refractivity contribution is 0.614. The van der Waals surface area contributed by atoms with Crippen LogP contribution in [0.1, 0.15) is 50.3 Å². The Hall–Kier alpha value is -0.480. The Morgan fingerprint density at radius 3 is 2.78 bits per heavy atom. The third-order valence-corrected chi connectivity index (χ3v) is 3.70. The van der Waals surface area contributed by atoms with Gasteiger partial charge in [-0.15, -0.1) is 0 Å². The van der Waals surface area contributed by atoms with Crippen LogP contribution in [0.2, 0.25) is 0 Å². The second-order valence-corrected chi connectivity index (χ2v) is 6.08. The van der Waals surface area contributed by atoms with Gasteiger partial charge in [-0.05, 0) is 37.3 Å². The fourth-order valence-electron chi connectivity index (χ4n) is 2.07. The van der Waals surface area contributed by atoms with Crippen LogP contribution >= 0.6 is 11.8 Å². The van der Waals surface area contributed by atoms with Crippen molar-refractivity contribution in [3.05, 3.63) is 17.5 Å². The zero-order chi connectivity index (χ0) is 13.4. The van der Waals surface area contributed by atoms with E-state index in [1.54, 1.807) is 0 Å². The van der Waals surface area contributed by atoms with E-state index >= 15 is 0 Å². The topological polar surface area (TPSA) is 29.9 Å². The van der Waals surface area contributed by atoms with Crippen LogP contribution < -0.4 is 5.32 Å².